The molecule has 1 heterocycles. The Morgan fingerprint density at radius 1 is 1.04 bits per heavy atom. The number of rotatable bonds is 6. The van der Waals surface area contributed by atoms with Crippen LogP contribution in [0.4, 0.5) is 5.82 Å². The van der Waals surface area contributed by atoms with E-state index in [-0.39, 0.29) is 5.43 Å². The molecule has 3 N–H and O–H groups in total. The van der Waals surface area contributed by atoms with Crippen molar-refractivity contribution >= 4 is 39.9 Å². The molecule has 4 nitrogen and oxygen atoms in total. The van der Waals surface area contributed by atoms with Crippen LogP contribution in [0.25, 0.3) is 10.9 Å². The van der Waals surface area contributed by atoms with Crippen LogP contribution in [0, 0.1) is 5.92 Å². The molecule has 0 unspecified atom stereocenters. The van der Waals surface area contributed by atoms with Crippen LogP contribution in [0.5, 0.6) is 0 Å². The van der Waals surface area contributed by atoms with Crippen LogP contribution in [0.3, 0.4) is 0 Å². The van der Waals surface area contributed by atoms with Crippen molar-refractivity contribution in [3.05, 3.63) is 74.4 Å². The third-order valence-corrected chi connectivity index (χ3v) is 6.00. The van der Waals surface area contributed by atoms with Gasteiger partial charge in [0.2, 0.25) is 0 Å². The van der Waals surface area contributed by atoms with E-state index in [1.807, 2.05) is 42.5 Å². The molecule has 0 spiro atoms. The smallest absolute Gasteiger partial charge is 0.191 e. The average molecular weight is 402 g/mol. The van der Waals surface area contributed by atoms with Gasteiger partial charge in [-0.3, -0.25) is 4.79 Å². The highest BCUT2D eigenvalue weighted by molar-refractivity contribution is 6.42. The summed E-state index contributed by atoms with van der Waals surface area (Å²) < 4.78 is 0. The number of H-pyrrole nitrogens is 1. The first-order valence-corrected chi connectivity index (χ1v) is 9.89. The minimum absolute atomic E-state index is 0.0368. The predicted molar refractivity (Wildman–Crippen MR) is 113 cm³/mol. The number of pyridine rings is 1. The molecule has 1 aliphatic rings. The summed E-state index contributed by atoms with van der Waals surface area (Å²) >= 11 is 12.0. The van der Waals surface area contributed by atoms with Gasteiger partial charge < -0.3 is 15.6 Å². The predicted octanol–water partition coefficient (Wildman–Crippen LogP) is 4.82. The van der Waals surface area contributed by atoms with E-state index in [1.54, 1.807) is 6.07 Å². The summed E-state index contributed by atoms with van der Waals surface area (Å²) in [6.07, 6.45) is 2.33. The molecule has 0 radical (unpaired) electrons. The van der Waals surface area contributed by atoms with Crippen molar-refractivity contribution in [1.29, 1.82) is 0 Å². The molecule has 0 aliphatic heterocycles. The quantitative estimate of drug-likeness (QED) is 0.554. The van der Waals surface area contributed by atoms with Gasteiger partial charge in [0.25, 0.3) is 0 Å². The van der Waals surface area contributed by atoms with Gasteiger partial charge in [-0.25, -0.2) is 0 Å². The molecule has 0 saturated heterocycles. The Bertz CT molecular complexity index is 1020. The number of hydrogen-bond donors (Lipinski definition) is 3. The monoisotopic (exact) mass is 401 g/mol. The molecule has 1 saturated carbocycles. The molecule has 0 bridgehead atoms. The van der Waals surface area contributed by atoms with E-state index in [1.165, 1.54) is 6.42 Å². The van der Waals surface area contributed by atoms with Gasteiger partial charge in [0.1, 0.15) is 5.82 Å². The molecule has 3 aromatic rings. The zero-order valence-corrected chi connectivity index (χ0v) is 16.3. The summed E-state index contributed by atoms with van der Waals surface area (Å²) in [6, 6.07) is 15.4. The largest absolute Gasteiger partial charge is 0.371 e. The lowest BCUT2D eigenvalue weighted by Crippen LogP contribution is -2.46. The number of aromatic amines is 1. The van der Waals surface area contributed by atoms with E-state index in [4.69, 9.17) is 23.2 Å². The van der Waals surface area contributed by atoms with E-state index in [9.17, 15) is 4.79 Å². The molecule has 0 amide bonds. The standard InChI is InChI=1S/C21H21Cl2N3O/c22-16-7-5-13(9-17(16)23)11-24-18-8-6-14(18)12-25-21-10-20(27)15-3-1-2-4-19(15)26-21/h1-5,7,9-10,14,18,24H,6,8,11-12H2,(H2,25,26,27)/t14-,18+/m1/s1. The second-order valence-corrected chi connectivity index (χ2v) is 7.86. The van der Waals surface area contributed by atoms with Crippen LogP contribution in [0.15, 0.2) is 53.3 Å². The van der Waals surface area contributed by atoms with E-state index in [2.05, 4.69) is 15.6 Å². The number of aromatic nitrogens is 1. The fraction of sp³-hybridized carbons (Fsp3) is 0.286. The van der Waals surface area contributed by atoms with Gasteiger partial charge in [0.05, 0.1) is 15.6 Å². The number of anilines is 1. The first-order valence-electron chi connectivity index (χ1n) is 9.13. The Kier molecular flexibility index (Phi) is 5.39. The van der Waals surface area contributed by atoms with Crippen LogP contribution in [-0.2, 0) is 6.54 Å². The van der Waals surface area contributed by atoms with Gasteiger partial charge >= 0.3 is 0 Å². The highest BCUT2D eigenvalue weighted by atomic mass is 35.5. The van der Waals surface area contributed by atoms with Crippen LogP contribution in [0.2, 0.25) is 10.0 Å². The minimum atomic E-state index is 0.0368. The number of hydrogen-bond acceptors (Lipinski definition) is 3. The Hall–Kier alpha value is -2.01. The van der Waals surface area contributed by atoms with Crippen molar-refractivity contribution < 1.29 is 0 Å². The summed E-state index contributed by atoms with van der Waals surface area (Å²) in [5, 5.41) is 8.87. The maximum Gasteiger partial charge on any atom is 0.191 e. The molecule has 4 rings (SSSR count). The molecule has 27 heavy (non-hydrogen) atoms. The highest BCUT2D eigenvalue weighted by Gasteiger charge is 2.30. The summed E-state index contributed by atoms with van der Waals surface area (Å²) in [4.78, 5) is 15.5. The summed E-state index contributed by atoms with van der Waals surface area (Å²) in [5.74, 6) is 1.30. The lowest BCUT2D eigenvalue weighted by Gasteiger charge is -2.37. The van der Waals surface area contributed by atoms with Gasteiger partial charge in [-0.2, -0.15) is 0 Å². The molecule has 140 valence electrons. The topological polar surface area (TPSA) is 56.9 Å². The van der Waals surface area contributed by atoms with Gasteiger partial charge in [-0.15, -0.1) is 0 Å². The third kappa shape index (κ3) is 4.13. The van der Waals surface area contributed by atoms with Gasteiger partial charge in [-0.1, -0.05) is 41.4 Å². The fourth-order valence-electron chi connectivity index (χ4n) is 3.51. The lowest BCUT2D eigenvalue weighted by molar-refractivity contribution is 0.220. The molecule has 1 aromatic heterocycles. The van der Waals surface area contributed by atoms with Crippen molar-refractivity contribution in [2.75, 3.05) is 11.9 Å². The molecule has 1 fully saturated rings. The van der Waals surface area contributed by atoms with E-state index < -0.39 is 0 Å². The second kappa shape index (κ2) is 7.93. The first kappa shape index (κ1) is 18.4. The molecule has 2 atom stereocenters. The van der Waals surface area contributed by atoms with E-state index in [0.717, 1.165) is 36.4 Å². The number of benzene rings is 2. The van der Waals surface area contributed by atoms with Crippen molar-refractivity contribution in [3.8, 4) is 0 Å². The number of fused-ring (bicyclic) bond motifs is 1. The van der Waals surface area contributed by atoms with Gasteiger partial charge in [0, 0.05) is 30.6 Å². The Labute approximate surface area is 167 Å². The van der Waals surface area contributed by atoms with Crippen molar-refractivity contribution in [2.45, 2.75) is 25.4 Å². The average Bonchev–Trinajstić information content (AvgIpc) is 2.64. The molecular weight excluding hydrogens is 381 g/mol. The SMILES string of the molecule is O=c1cc(NC[C@H]2CC[C@@H]2NCc2ccc(Cl)c(Cl)c2)[nH]c2ccccc12. The summed E-state index contributed by atoms with van der Waals surface area (Å²) in [6.45, 7) is 1.60. The maximum atomic E-state index is 12.2. The zero-order valence-electron chi connectivity index (χ0n) is 14.8. The number of nitrogens with one attached hydrogen (secondary N) is 3. The lowest BCUT2D eigenvalue weighted by atomic mass is 9.79. The Morgan fingerprint density at radius 2 is 1.89 bits per heavy atom. The Balaban J connectivity index is 1.33. The van der Waals surface area contributed by atoms with E-state index in [0.29, 0.717) is 27.4 Å². The number of para-hydroxylation sites is 1. The summed E-state index contributed by atoms with van der Waals surface area (Å²) in [7, 11) is 0. The molecule has 1 aliphatic carbocycles. The molecule has 6 heteroatoms. The van der Waals surface area contributed by atoms with Crippen molar-refractivity contribution in [2.24, 2.45) is 5.92 Å². The minimum Gasteiger partial charge on any atom is -0.371 e. The van der Waals surface area contributed by atoms with Crippen molar-refractivity contribution in [3.63, 3.8) is 0 Å². The van der Waals surface area contributed by atoms with Crippen LogP contribution < -0.4 is 16.1 Å². The van der Waals surface area contributed by atoms with Gasteiger partial charge in [0.15, 0.2) is 5.43 Å². The zero-order chi connectivity index (χ0) is 18.8. The Morgan fingerprint density at radius 3 is 2.67 bits per heavy atom. The summed E-state index contributed by atoms with van der Waals surface area (Å²) in [5.41, 5.74) is 2.02. The third-order valence-electron chi connectivity index (χ3n) is 5.26. The van der Waals surface area contributed by atoms with Crippen LogP contribution in [0.1, 0.15) is 18.4 Å². The van der Waals surface area contributed by atoms with Gasteiger partial charge in [-0.05, 0) is 48.6 Å². The van der Waals surface area contributed by atoms with Crippen LogP contribution in [-0.4, -0.2) is 17.6 Å². The second-order valence-electron chi connectivity index (χ2n) is 7.05. The van der Waals surface area contributed by atoms with Crippen LogP contribution >= 0.6 is 23.2 Å². The number of halogens is 2. The fourth-order valence-corrected chi connectivity index (χ4v) is 3.83. The maximum absolute atomic E-state index is 12.2. The van der Waals surface area contributed by atoms with Crippen molar-refractivity contribution in [1.82, 2.24) is 10.3 Å². The molecule has 2 aromatic carbocycles. The molecular formula is C21H21Cl2N3O. The highest BCUT2D eigenvalue weighted by Crippen LogP contribution is 2.28. The first-order chi connectivity index (χ1) is 13.1. The normalized spacial score (nSPS) is 19.0. The van der Waals surface area contributed by atoms with E-state index >= 15 is 0 Å².